The van der Waals surface area contributed by atoms with Crippen LogP contribution < -0.4 is 10.2 Å². The highest BCUT2D eigenvalue weighted by Gasteiger charge is 2.21. The van der Waals surface area contributed by atoms with Gasteiger partial charge in [-0.3, -0.25) is 4.79 Å². The van der Waals surface area contributed by atoms with Crippen molar-refractivity contribution in [2.24, 2.45) is 5.92 Å². The van der Waals surface area contributed by atoms with E-state index in [-0.39, 0.29) is 5.91 Å². The molecule has 1 saturated heterocycles. The van der Waals surface area contributed by atoms with E-state index in [1.54, 1.807) is 18.5 Å². The van der Waals surface area contributed by atoms with E-state index in [2.05, 4.69) is 25.2 Å². The highest BCUT2D eigenvalue weighted by molar-refractivity contribution is 7.99. The zero-order valence-electron chi connectivity index (χ0n) is 13.5. The molecular weight excluding hydrogens is 322 g/mol. The van der Waals surface area contributed by atoms with E-state index in [1.807, 2.05) is 24.4 Å². The van der Waals surface area contributed by atoms with Crippen molar-refractivity contribution in [3.63, 3.8) is 0 Å². The average Bonchev–Trinajstić information content (AvgIpc) is 2.66. The smallest absolute Gasteiger partial charge is 0.230 e. The van der Waals surface area contributed by atoms with Crippen molar-refractivity contribution in [3.05, 3.63) is 42.9 Å². The fourth-order valence-electron chi connectivity index (χ4n) is 2.78. The Morgan fingerprint density at radius 2 is 2.04 bits per heavy atom. The van der Waals surface area contributed by atoms with Gasteiger partial charge in [-0.25, -0.2) is 15.0 Å². The van der Waals surface area contributed by atoms with Crippen LogP contribution in [0.5, 0.6) is 0 Å². The molecule has 1 fully saturated rings. The minimum Gasteiger partial charge on any atom is -0.356 e. The molecule has 1 aliphatic heterocycles. The quantitative estimate of drug-likeness (QED) is 0.639. The van der Waals surface area contributed by atoms with E-state index in [1.165, 1.54) is 11.8 Å². The first-order valence-electron chi connectivity index (χ1n) is 8.14. The van der Waals surface area contributed by atoms with Gasteiger partial charge in [0.1, 0.15) is 5.82 Å². The number of carbonyl (C=O) groups excluding carboxylic acids is 1. The van der Waals surface area contributed by atoms with Crippen LogP contribution >= 0.6 is 11.8 Å². The Labute approximate surface area is 146 Å². The van der Waals surface area contributed by atoms with Crippen molar-refractivity contribution >= 4 is 23.5 Å². The second-order valence-electron chi connectivity index (χ2n) is 5.77. The Morgan fingerprint density at radius 3 is 2.83 bits per heavy atom. The Balaban J connectivity index is 1.42. The number of anilines is 1. The molecule has 1 aliphatic rings. The molecule has 3 heterocycles. The number of aromatic nitrogens is 3. The normalized spacial score (nSPS) is 17.5. The molecule has 2 aromatic rings. The van der Waals surface area contributed by atoms with Gasteiger partial charge in [0.25, 0.3) is 0 Å². The van der Waals surface area contributed by atoms with E-state index in [0.717, 1.165) is 31.7 Å². The van der Waals surface area contributed by atoms with E-state index < -0.39 is 0 Å². The fraction of sp³-hybridized carbons (Fsp3) is 0.412. The van der Waals surface area contributed by atoms with Gasteiger partial charge in [0.05, 0.1) is 5.75 Å². The van der Waals surface area contributed by atoms with Gasteiger partial charge in [-0.15, -0.1) is 0 Å². The lowest BCUT2D eigenvalue weighted by Crippen LogP contribution is -2.41. The van der Waals surface area contributed by atoms with E-state index in [4.69, 9.17) is 0 Å². The van der Waals surface area contributed by atoms with Gasteiger partial charge in [0, 0.05) is 38.2 Å². The first-order chi connectivity index (χ1) is 11.8. The Morgan fingerprint density at radius 1 is 1.21 bits per heavy atom. The molecule has 0 saturated carbocycles. The Kier molecular flexibility index (Phi) is 6.01. The molecule has 1 amide bonds. The van der Waals surface area contributed by atoms with Crippen LogP contribution in [0.25, 0.3) is 0 Å². The van der Waals surface area contributed by atoms with Crippen LogP contribution in [-0.2, 0) is 4.79 Å². The van der Waals surface area contributed by atoms with Crippen molar-refractivity contribution in [3.8, 4) is 0 Å². The van der Waals surface area contributed by atoms with E-state index in [0.29, 0.717) is 23.4 Å². The Hall–Kier alpha value is -2.15. The summed E-state index contributed by atoms with van der Waals surface area (Å²) in [4.78, 5) is 26.9. The molecule has 24 heavy (non-hydrogen) atoms. The molecular formula is C17H21N5OS. The van der Waals surface area contributed by atoms with Crippen molar-refractivity contribution in [2.75, 3.05) is 30.3 Å². The molecule has 7 heteroatoms. The zero-order chi connectivity index (χ0) is 16.6. The van der Waals surface area contributed by atoms with Gasteiger partial charge in [-0.2, -0.15) is 0 Å². The third-order valence-electron chi connectivity index (χ3n) is 3.95. The lowest BCUT2D eigenvalue weighted by molar-refractivity contribution is -0.118. The minimum absolute atomic E-state index is 0.0300. The van der Waals surface area contributed by atoms with Crippen molar-refractivity contribution in [1.29, 1.82) is 0 Å². The number of hydrogen-bond donors (Lipinski definition) is 1. The highest BCUT2D eigenvalue weighted by atomic mass is 32.2. The van der Waals surface area contributed by atoms with E-state index >= 15 is 0 Å². The first-order valence-corrected chi connectivity index (χ1v) is 9.12. The SMILES string of the molecule is O=C(CSc1ncccn1)NC[C@H]1CCCN(c2ccccn2)C1. The molecule has 126 valence electrons. The summed E-state index contributed by atoms with van der Waals surface area (Å²) in [6.45, 7) is 2.67. The number of hydrogen-bond acceptors (Lipinski definition) is 6. The average molecular weight is 343 g/mol. The summed E-state index contributed by atoms with van der Waals surface area (Å²) in [6.07, 6.45) is 7.45. The predicted octanol–water partition coefficient (Wildman–Crippen LogP) is 2.00. The van der Waals surface area contributed by atoms with Crippen LogP contribution in [0.3, 0.4) is 0 Å². The van der Waals surface area contributed by atoms with Gasteiger partial charge in [0.15, 0.2) is 5.16 Å². The third kappa shape index (κ3) is 4.92. The van der Waals surface area contributed by atoms with Crippen LogP contribution in [-0.4, -0.2) is 46.2 Å². The largest absolute Gasteiger partial charge is 0.356 e. The van der Waals surface area contributed by atoms with Gasteiger partial charge >= 0.3 is 0 Å². The maximum atomic E-state index is 12.0. The number of nitrogens with zero attached hydrogens (tertiary/aromatic N) is 4. The number of nitrogens with one attached hydrogen (secondary N) is 1. The monoisotopic (exact) mass is 343 g/mol. The number of amides is 1. The number of rotatable bonds is 6. The summed E-state index contributed by atoms with van der Waals surface area (Å²) in [6, 6.07) is 7.74. The van der Waals surface area contributed by atoms with Crippen LogP contribution in [0.15, 0.2) is 48.0 Å². The summed E-state index contributed by atoms with van der Waals surface area (Å²) in [5, 5.41) is 3.66. The lowest BCUT2D eigenvalue weighted by Gasteiger charge is -2.33. The molecule has 3 rings (SSSR count). The summed E-state index contributed by atoms with van der Waals surface area (Å²) < 4.78 is 0. The molecule has 0 spiro atoms. The van der Waals surface area contributed by atoms with Crippen molar-refractivity contribution in [2.45, 2.75) is 18.0 Å². The molecule has 0 aromatic carbocycles. The summed E-state index contributed by atoms with van der Waals surface area (Å²) in [5.74, 6) is 1.86. The molecule has 0 radical (unpaired) electrons. The summed E-state index contributed by atoms with van der Waals surface area (Å²) in [7, 11) is 0. The number of carbonyl (C=O) groups is 1. The van der Waals surface area contributed by atoms with Gasteiger partial charge in [0.2, 0.25) is 5.91 Å². The predicted molar refractivity (Wildman–Crippen MR) is 94.9 cm³/mol. The molecule has 1 N–H and O–H groups in total. The van der Waals surface area contributed by atoms with Crippen molar-refractivity contribution in [1.82, 2.24) is 20.3 Å². The van der Waals surface area contributed by atoms with Crippen molar-refractivity contribution < 1.29 is 4.79 Å². The number of thioether (sulfide) groups is 1. The van der Waals surface area contributed by atoms with Crippen LogP contribution in [0, 0.1) is 5.92 Å². The molecule has 6 nitrogen and oxygen atoms in total. The second kappa shape index (κ2) is 8.63. The van der Waals surface area contributed by atoms with Crippen LogP contribution in [0.2, 0.25) is 0 Å². The summed E-state index contributed by atoms with van der Waals surface area (Å²) >= 11 is 1.36. The van der Waals surface area contributed by atoms with Gasteiger partial charge < -0.3 is 10.2 Å². The highest BCUT2D eigenvalue weighted by Crippen LogP contribution is 2.20. The summed E-state index contributed by atoms with van der Waals surface area (Å²) in [5.41, 5.74) is 0. The fourth-order valence-corrected chi connectivity index (χ4v) is 3.41. The molecule has 2 aromatic heterocycles. The zero-order valence-corrected chi connectivity index (χ0v) is 14.3. The standard InChI is InChI=1S/C17H21N5OS/c23-16(13-24-17-19-8-4-9-20-17)21-11-14-5-3-10-22(12-14)15-6-1-2-7-18-15/h1-2,4,6-9,14H,3,5,10-13H2,(H,21,23)/t14-/m1/s1. The van der Waals surface area contributed by atoms with Gasteiger partial charge in [-0.1, -0.05) is 17.8 Å². The molecule has 0 bridgehead atoms. The second-order valence-corrected chi connectivity index (χ2v) is 6.71. The maximum Gasteiger partial charge on any atom is 0.230 e. The topological polar surface area (TPSA) is 71.0 Å². The number of pyridine rings is 1. The number of piperidine rings is 1. The van der Waals surface area contributed by atoms with Crippen LogP contribution in [0.4, 0.5) is 5.82 Å². The lowest BCUT2D eigenvalue weighted by atomic mass is 9.98. The first kappa shape index (κ1) is 16.7. The third-order valence-corrected chi connectivity index (χ3v) is 4.83. The molecule has 0 unspecified atom stereocenters. The van der Waals surface area contributed by atoms with Crippen LogP contribution in [0.1, 0.15) is 12.8 Å². The molecule has 1 atom stereocenters. The van der Waals surface area contributed by atoms with E-state index in [9.17, 15) is 4.79 Å². The minimum atomic E-state index is 0.0300. The molecule has 0 aliphatic carbocycles. The van der Waals surface area contributed by atoms with Gasteiger partial charge in [-0.05, 0) is 37.0 Å². The Bertz CT molecular complexity index is 640. The maximum absolute atomic E-state index is 12.0.